The highest BCUT2D eigenvalue weighted by Gasteiger charge is 2.45. The zero-order valence-corrected chi connectivity index (χ0v) is 30.1. The van der Waals surface area contributed by atoms with Crippen LogP contribution in [0.4, 0.5) is 10.5 Å². The summed E-state index contributed by atoms with van der Waals surface area (Å²) in [5.74, 6) is -0.0813. The van der Waals surface area contributed by atoms with Crippen LogP contribution in [0.5, 0.6) is 5.75 Å². The van der Waals surface area contributed by atoms with E-state index in [4.69, 9.17) is 30.5 Å². The summed E-state index contributed by atoms with van der Waals surface area (Å²) in [6.45, 7) is 5.41. The highest BCUT2D eigenvalue weighted by Crippen LogP contribution is 2.47. The largest absolute Gasteiger partial charge is 0.490 e. The van der Waals surface area contributed by atoms with Crippen molar-refractivity contribution in [3.63, 3.8) is 0 Å². The number of nitrogens with zero attached hydrogens (tertiary/aromatic N) is 2. The molecule has 1 saturated carbocycles. The number of ether oxygens (including phenoxy) is 4. The number of methoxy groups -OCH3 is 1. The lowest BCUT2D eigenvalue weighted by Gasteiger charge is -2.46. The third-order valence-electron chi connectivity index (χ3n) is 10.5. The molecular formula is C36H46ClN3O8S. The van der Waals surface area contributed by atoms with E-state index in [0.29, 0.717) is 49.3 Å². The smallest absolute Gasteiger partial charge is 0.410 e. The summed E-state index contributed by atoms with van der Waals surface area (Å²) < 4.78 is 53.1. The number of hydrogen-bond donors (Lipinski definition) is 1. The van der Waals surface area contributed by atoms with Crippen molar-refractivity contribution in [2.24, 2.45) is 11.8 Å². The van der Waals surface area contributed by atoms with E-state index in [2.05, 4.69) is 15.7 Å². The van der Waals surface area contributed by atoms with Gasteiger partial charge in [-0.05, 0) is 99.4 Å². The maximum Gasteiger partial charge on any atom is 0.410 e. The number of sulfonamides is 1. The van der Waals surface area contributed by atoms with Crippen molar-refractivity contribution < 1.29 is 37.0 Å². The number of fused-ring (bicyclic) bond motifs is 4. The van der Waals surface area contributed by atoms with Gasteiger partial charge in [-0.25, -0.2) is 17.9 Å². The summed E-state index contributed by atoms with van der Waals surface area (Å²) in [7, 11) is -0.981. The third-order valence-corrected chi connectivity index (χ3v) is 12.1. The minimum atomic E-state index is -4.24. The number of halogens is 1. The molecule has 0 unspecified atom stereocenters. The second kappa shape index (κ2) is 14.1. The molecule has 2 heterocycles. The van der Waals surface area contributed by atoms with E-state index in [9.17, 15) is 18.0 Å². The van der Waals surface area contributed by atoms with E-state index in [-0.39, 0.29) is 28.8 Å². The zero-order chi connectivity index (χ0) is 35.0. The van der Waals surface area contributed by atoms with Gasteiger partial charge in [0.15, 0.2) is 0 Å². The first-order chi connectivity index (χ1) is 23.3. The molecule has 4 aliphatic rings. The highest BCUT2D eigenvalue weighted by molar-refractivity contribution is 7.90. The molecule has 4 atom stereocenters. The number of carbonyl (C=O) groups excluding carboxylic acids is 2. The van der Waals surface area contributed by atoms with Crippen LogP contribution in [0, 0.1) is 11.8 Å². The molecule has 11 nitrogen and oxygen atoms in total. The van der Waals surface area contributed by atoms with Gasteiger partial charge in [0.1, 0.15) is 17.5 Å². The van der Waals surface area contributed by atoms with Gasteiger partial charge in [0.25, 0.3) is 15.9 Å². The number of anilines is 1. The molecule has 2 aliphatic heterocycles. The molecular weight excluding hydrogens is 670 g/mol. The van der Waals surface area contributed by atoms with Gasteiger partial charge < -0.3 is 28.7 Å². The number of likely N-dealkylation sites (N-methyl/N-ethyl adjacent to an activating group) is 1. The number of hydrogen-bond acceptors (Lipinski definition) is 9. The van der Waals surface area contributed by atoms with E-state index < -0.39 is 33.7 Å². The lowest BCUT2D eigenvalue weighted by atomic mass is 9.68. The normalized spacial score (nSPS) is 28.1. The van der Waals surface area contributed by atoms with Gasteiger partial charge in [0.2, 0.25) is 0 Å². The van der Waals surface area contributed by atoms with Crippen molar-refractivity contribution in [3.8, 4) is 5.75 Å². The van der Waals surface area contributed by atoms with Gasteiger partial charge in [-0.1, -0.05) is 23.7 Å². The van der Waals surface area contributed by atoms with Gasteiger partial charge in [-0.15, -0.1) is 0 Å². The summed E-state index contributed by atoms with van der Waals surface area (Å²) in [4.78, 5) is 30.1. The van der Waals surface area contributed by atoms with Gasteiger partial charge >= 0.3 is 6.09 Å². The Morgan fingerprint density at radius 1 is 1.18 bits per heavy atom. The summed E-state index contributed by atoms with van der Waals surface area (Å²) in [6.07, 6.45) is 7.13. The van der Waals surface area contributed by atoms with E-state index in [1.54, 1.807) is 32.4 Å². The number of aryl methyl sites for hydroxylation is 1. The van der Waals surface area contributed by atoms with Crippen LogP contribution < -0.4 is 14.4 Å². The van der Waals surface area contributed by atoms with Gasteiger partial charge in [0, 0.05) is 50.1 Å². The first-order valence-electron chi connectivity index (χ1n) is 16.9. The maximum absolute atomic E-state index is 13.6. The van der Waals surface area contributed by atoms with E-state index in [0.717, 1.165) is 32.1 Å². The van der Waals surface area contributed by atoms with Crippen molar-refractivity contribution in [3.05, 3.63) is 64.7 Å². The first-order valence-corrected chi connectivity index (χ1v) is 18.8. The van der Waals surface area contributed by atoms with Crippen molar-refractivity contribution in [2.45, 2.75) is 68.0 Å². The van der Waals surface area contributed by atoms with E-state index in [1.807, 2.05) is 18.2 Å². The number of benzene rings is 2. The predicted octanol–water partition coefficient (Wildman–Crippen LogP) is 5.09. The van der Waals surface area contributed by atoms with Gasteiger partial charge in [-0.2, -0.15) is 0 Å². The van der Waals surface area contributed by atoms with Crippen LogP contribution in [0.25, 0.3) is 0 Å². The van der Waals surface area contributed by atoms with Crippen LogP contribution in [-0.4, -0.2) is 90.6 Å². The lowest BCUT2D eigenvalue weighted by Crippen LogP contribution is -2.50. The first kappa shape index (κ1) is 35.5. The Kier molecular flexibility index (Phi) is 10.2. The molecule has 1 N–H and O–H groups in total. The molecule has 2 aromatic rings. The van der Waals surface area contributed by atoms with Crippen molar-refractivity contribution in [2.75, 3.05) is 58.5 Å². The molecule has 49 heavy (non-hydrogen) atoms. The van der Waals surface area contributed by atoms with Crippen LogP contribution in [0.3, 0.4) is 0 Å². The Balaban J connectivity index is 1.40. The quantitative estimate of drug-likeness (QED) is 0.431. The molecule has 2 aliphatic carbocycles. The second-order valence-electron chi connectivity index (χ2n) is 14.2. The molecule has 0 radical (unpaired) electrons. The third kappa shape index (κ3) is 7.43. The zero-order valence-electron chi connectivity index (χ0n) is 28.6. The summed E-state index contributed by atoms with van der Waals surface area (Å²) in [6, 6.07) is 10.8. The number of rotatable bonds is 4. The Bertz CT molecular complexity index is 1720. The Hall–Kier alpha value is -3.32. The molecule has 2 aromatic carbocycles. The Labute approximate surface area is 293 Å². The monoisotopic (exact) mass is 715 g/mol. The lowest BCUT2D eigenvalue weighted by molar-refractivity contribution is -0.139. The molecule has 0 saturated heterocycles. The fraction of sp³-hybridized carbons (Fsp3) is 0.556. The van der Waals surface area contributed by atoms with Crippen molar-refractivity contribution in [1.29, 1.82) is 0 Å². The van der Waals surface area contributed by atoms with Crippen LogP contribution in [0.15, 0.2) is 53.4 Å². The second-order valence-corrected chi connectivity index (χ2v) is 16.3. The van der Waals surface area contributed by atoms with Crippen molar-refractivity contribution in [1.82, 2.24) is 9.62 Å². The average Bonchev–Trinajstić information content (AvgIpc) is 3.19. The fourth-order valence-electron chi connectivity index (χ4n) is 7.41. The Morgan fingerprint density at radius 3 is 2.76 bits per heavy atom. The molecule has 2 amide bonds. The molecule has 1 spiro atoms. The molecule has 266 valence electrons. The Morgan fingerprint density at radius 2 is 2.00 bits per heavy atom. The molecule has 2 bridgehead atoms. The van der Waals surface area contributed by atoms with E-state index in [1.165, 1.54) is 35.9 Å². The van der Waals surface area contributed by atoms with Crippen LogP contribution in [0.1, 0.15) is 50.7 Å². The predicted molar refractivity (Wildman–Crippen MR) is 186 cm³/mol. The minimum Gasteiger partial charge on any atom is -0.490 e. The molecule has 6 rings (SSSR count). The fourth-order valence-corrected chi connectivity index (χ4v) is 8.73. The highest BCUT2D eigenvalue weighted by atomic mass is 35.5. The average molecular weight is 716 g/mol. The maximum atomic E-state index is 13.6. The minimum absolute atomic E-state index is 0.00757. The molecule has 1 fully saturated rings. The number of nitrogens with one attached hydrogen (secondary N) is 1. The molecule has 13 heteroatoms. The van der Waals surface area contributed by atoms with Gasteiger partial charge in [-0.3, -0.25) is 4.79 Å². The number of carbonyl (C=O) groups is 2. The summed E-state index contributed by atoms with van der Waals surface area (Å²) in [5, 5.41) is 0.697. The molecule has 0 aromatic heterocycles. The van der Waals surface area contributed by atoms with Crippen LogP contribution >= 0.6 is 11.6 Å². The standard InChI is InChI=1S/C36H46ClN3O8S/c1-35(2)33(41)38-49(43,44)27-11-14-32-30(20-27)40(22-36(23-46-32)15-5-7-24-19-26(37)10-13-29(24)36)21-25-9-12-28(25)31(8-6-17-47-35)48-34(42)39(3)16-18-45-4/h6,8,10-11,13-14,19-20,25,28,31H,5,7,9,12,15-18,21-23H2,1-4H3,(H,38,41)/b8-6-/t25-,28+,31-,36-/m0/s1. The SMILES string of the molecule is COCCN(C)C(=O)O[C@H]1/C=C\COC(C)(C)C(=O)NS(=O)(=O)c2ccc3c(c2)N(C[C@@H]2CC[C@H]21)C[C@@]1(CCCc2cc(Cl)ccc21)CO3. The van der Waals surface area contributed by atoms with Gasteiger partial charge in [0.05, 0.1) is 30.4 Å². The summed E-state index contributed by atoms with van der Waals surface area (Å²) in [5.41, 5.74) is 1.22. The van der Waals surface area contributed by atoms with Crippen molar-refractivity contribution >= 4 is 39.3 Å². The van der Waals surface area contributed by atoms with Crippen LogP contribution in [0.2, 0.25) is 5.02 Å². The van der Waals surface area contributed by atoms with Crippen LogP contribution in [-0.2, 0) is 40.9 Å². The summed E-state index contributed by atoms with van der Waals surface area (Å²) >= 11 is 6.43. The number of amides is 2. The van der Waals surface area contributed by atoms with E-state index >= 15 is 0 Å². The topological polar surface area (TPSA) is 124 Å².